The number of aliphatic hydroxyl groups excluding tert-OH is 4. The molecule has 0 saturated carbocycles. The number of fused-ring (bicyclic) bond motifs is 2. The molecule has 0 radical (unpaired) electrons. The molecule has 79 heavy (non-hydrogen) atoms. The van der Waals surface area contributed by atoms with E-state index >= 15 is 0 Å². The minimum absolute atomic E-state index is 0.0448. The highest BCUT2D eigenvalue weighted by Gasteiger charge is 2.27. The van der Waals surface area contributed by atoms with Gasteiger partial charge in [-0.25, -0.2) is 9.97 Å². The van der Waals surface area contributed by atoms with Crippen LogP contribution >= 0.6 is 0 Å². The number of hydrogen-bond donors (Lipinski definition) is 5. The minimum Gasteiger partial charge on any atom is -0.396 e. The predicted molar refractivity (Wildman–Crippen MR) is 320 cm³/mol. The molecule has 1 saturated heterocycles. The van der Waals surface area contributed by atoms with Crippen molar-refractivity contribution in [1.29, 1.82) is 0 Å². The molecule has 1 amide bonds. The van der Waals surface area contributed by atoms with E-state index in [1.54, 1.807) is 0 Å². The molecule has 3 unspecified atom stereocenters. The van der Waals surface area contributed by atoms with Gasteiger partial charge in [0.1, 0.15) is 24.0 Å². The number of aliphatic hydroxyl groups is 4. The van der Waals surface area contributed by atoms with Crippen LogP contribution in [0.25, 0.3) is 67.1 Å². The standard InChI is InChI=1S/C30H36N4O.C24H22N2O.C11H24N2O4/c1-7-33-28-16-14-23(30(35)31-17-10-18-34(4,5)6)20-27(28)32-29(33)26-12-9-8-11-25(26)24-15-13-21(2)19-22(24)3;1-4-26-23-12-10-18(15-27)14-22(23)25-24(26)21-8-6-5-7-20(21)19-11-9-16(2)13-17(19)3;1-12-3-5-13(6-4-12)8-10(16)11(17)9(15)2-7-14/h8-9,11-16,19-20H,7,10,17-18H2,1-6H3;5-15H,4H2,1-3H3;9-11,14-17H,2-8H2,1H3/p+1. The van der Waals surface area contributed by atoms with Crippen molar-refractivity contribution < 1.29 is 34.5 Å². The Balaban J connectivity index is 0.000000182. The monoisotopic (exact) mass is 1070 g/mol. The SMILES string of the molecule is CCn1c(-c2ccccc2-c2ccc(C)cc2C)nc2cc(C(=O)NCCC[N+](C)(C)C)ccc21.CCn1c(-c2ccccc2-c2ccc(C)cc2C)nc2cc(C=O)ccc21.CN1CCN(CC(O)C(O)C(O)CCO)CC1. The van der Waals surface area contributed by atoms with Crippen LogP contribution in [0.4, 0.5) is 0 Å². The second kappa shape index (κ2) is 27.3. The van der Waals surface area contributed by atoms with Crippen molar-refractivity contribution in [1.82, 2.24) is 34.2 Å². The van der Waals surface area contributed by atoms with Crippen LogP contribution in [-0.4, -0.2) is 165 Å². The molecule has 0 bridgehead atoms. The third kappa shape index (κ3) is 15.1. The Morgan fingerprint density at radius 2 is 1.15 bits per heavy atom. The highest BCUT2D eigenvalue weighted by molar-refractivity contribution is 5.98. The fourth-order valence-electron chi connectivity index (χ4n) is 10.4. The zero-order valence-electron chi connectivity index (χ0n) is 48.1. The number of benzene rings is 6. The van der Waals surface area contributed by atoms with Gasteiger partial charge in [0.25, 0.3) is 5.91 Å². The highest BCUT2D eigenvalue weighted by Crippen LogP contribution is 2.37. The topological polar surface area (TPSA) is 169 Å². The molecule has 1 aliphatic heterocycles. The molecule has 3 heterocycles. The summed E-state index contributed by atoms with van der Waals surface area (Å²) >= 11 is 0. The molecule has 8 aromatic rings. The third-order valence-electron chi connectivity index (χ3n) is 14.8. The van der Waals surface area contributed by atoms with Gasteiger partial charge in [0, 0.05) is 87.6 Å². The first kappa shape index (κ1) is 59.8. The maximum absolute atomic E-state index is 12.8. The maximum atomic E-state index is 12.8. The zero-order chi connectivity index (χ0) is 57.0. The molecule has 2 aromatic heterocycles. The van der Waals surface area contributed by atoms with Gasteiger partial charge in [-0.1, -0.05) is 96.1 Å². The summed E-state index contributed by atoms with van der Waals surface area (Å²) in [5.41, 5.74) is 17.1. The van der Waals surface area contributed by atoms with Crippen molar-refractivity contribution in [2.45, 2.75) is 85.8 Å². The van der Waals surface area contributed by atoms with E-state index in [-0.39, 0.29) is 18.9 Å². The second-order valence-corrected chi connectivity index (χ2v) is 22.0. The van der Waals surface area contributed by atoms with E-state index in [9.17, 15) is 24.9 Å². The summed E-state index contributed by atoms with van der Waals surface area (Å²) in [5, 5.41) is 40.6. The smallest absolute Gasteiger partial charge is 0.251 e. The fraction of sp³-hybridized carbons (Fsp3) is 0.385. The van der Waals surface area contributed by atoms with Gasteiger partial charge in [0.15, 0.2) is 0 Å². The first-order chi connectivity index (χ1) is 37.8. The number of hydrogen-bond acceptors (Lipinski definition) is 10. The Morgan fingerprint density at radius 3 is 1.63 bits per heavy atom. The first-order valence-corrected chi connectivity index (χ1v) is 27.8. The molecule has 6 aromatic carbocycles. The fourth-order valence-corrected chi connectivity index (χ4v) is 10.4. The summed E-state index contributed by atoms with van der Waals surface area (Å²) in [6.45, 7) is 19.9. The lowest BCUT2D eigenvalue weighted by atomic mass is 9.94. The van der Waals surface area contributed by atoms with Crippen LogP contribution in [0.2, 0.25) is 0 Å². The number of nitrogens with one attached hydrogen (secondary N) is 1. The lowest BCUT2D eigenvalue weighted by Gasteiger charge is -2.35. The number of nitrogens with zero attached hydrogens (tertiary/aromatic N) is 7. The molecule has 5 N–H and O–H groups in total. The van der Waals surface area contributed by atoms with Crippen molar-refractivity contribution in [2.75, 3.05) is 80.6 Å². The van der Waals surface area contributed by atoms with Crippen LogP contribution in [0, 0.1) is 27.7 Å². The predicted octanol–water partition coefficient (Wildman–Crippen LogP) is 9.35. The molecule has 1 aliphatic rings. The van der Waals surface area contributed by atoms with Gasteiger partial charge < -0.3 is 44.3 Å². The summed E-state index contributed by atoms with van der Waals surface area (Å²) in [4.78, 5) is 38.2. The summed E-state index contributed by atoms with van der Waals surface area (Å²) in [5.74, 6) is 1.82. The summed E-state index contributed by atoms with van der Waals surface area (Å²) in [6.07, 6.45) is -1.33. The van der Waals surface area contributed by atoms with Crippen molar-refractivity contribution >= 4 is 34.3 Å². The molecule has 0 spiro atoms. The van der Waals surface area contributed by atoms with Crippen molar-refractivity contribution in [3.8, 4) is 45.0 Å². The maximum Gasteiger partial charge on any atom is 0.251 e. The Kier molecular flexibility index (Phi) is 20.7. The van der Waals surface area contributed by atoms with E-state index in [1.807, 2.05) is 43.4 Å². The number of β-amino-alcohol motifs (C(OH)–C–C–N with tert-alkyl or cyclic N) is 1. The number of aldehydes is 1. The zero-order valence-corrected chi connectivity index (χ0v) is 48.1. The highest BCUT2D eigenvalue weighted by atomic mass is 16.4. The molecule has 1 fully saturated rings. The number of quaternary nitrogens is 1. The number of aromatic nitrogens is 4. The lowest BCUT2D eigenvalue weighted by molar-refractivity contribution is -0.870. The molecule has 9 rings (SSSR count). The number of carbonyl (C=O) groups excluding carboxylic acids is 2. The van der Waals surface area contributed by atoms with Gasteiger partial charge in [-0.15, -0.1) is 0 Å². The van der Waals surface area contributed by atoms with E-state index in [4.69, 9.17) is 15.1 Å². The van der Waals surface area contributed by atoms with E-state index in [1.165, 1.54) is 44.5 Å². The van der Waals surface area contributed by atoms with E-state index in [0.717, 1.165) is 108 Å². The number of imidazole rings is 2. The van der Waals surface area contributed by atoms with Gasteiger partial charge in [-0.2, -0.15) is 0 Å². The van der Waals surface area contributed by atoms with Crippen LogP contribution in [-0.2, 0) is 13.1 Å². The molecule has 14 nitrogen and oxygen atoms in total. The number of likely N-dealkylation sites (N-methyl/N-ethyl adjacent to an activating group) is 1. The number of rotatable bonds is 18. The molecule has 3 atom stereocenters. The van der Waals surface area contributed by atoms with E-state index in [0.29, 0.717) is 24.2 Å². The number of amides is 1. The number of piperazine rings is 1. The minimum atomic E-state index is -1.19. The normalized spacial score (nSPS) is 14.3. The average Bonchev–Trinajstić information content (AvgIpc) is 4.17. The molecular weight excluding hydrogens is 989 g/mol. The van der Waals surface area contributed by atoms with Crippen molar-refractivity contribution in [2.24, 2.45) is 0 Å². The largest absolute Gasteiger partial charge is 0.396 e. The van der Waals surface area contributed by atoms with Crippen molar-refractivity contribution in [3.63, 3.8) is 0 Å². The van der Waals surface area contributed by atoms with Crippen LogP contribution < -0.4 is 5.32 Å². The number of carbonyl (C=O) groups is 2. The van der Waals surface area contributed by atoms with Crippen molar-refractivity contribution in [3.05, 3.63) is 155 Å². The van der Waals surface area contributed by atoms with Gasteiger partial charge >= 0.3 is 0 Å². The van der Waals surface area contributed by atoms with Gasteiger partial charge in [0.2, 0.25) is 0 Å². The Morgan fingerprint density at radius 1 is 0.646 bits per heavy atom. The van der Waals surface area contributed by atoms with Crippen LogP contribution in [0.15, 0.2) is 121 Å². The lowest BCUT2D eigenvalue weighted by Crippen LogP contribution is -2.50. The van der Waals surface area contributed by atoms with Gasteiger partial charge in [0.05, 0.1) is 62.0 Å². The molecule has 0 aliphatic carbocycles. The van der Waals surface area contributed by atoms with E-state index < -0.39 is 18.3 Å². The number of aryl methyl sites for hydroxylation is 6. The Labute approximate surface area is 467 Å². The van der Waals surface area contributed by atoms with E-state index in [2.05, 4.69) is 172 Å². The summed E-state index contributed by atoms with van der Waals surface area (Å²) < 4.78 is 5.34. The molecule has 14 heteroatoms. The second-order valence-electron chi connectivity index (χ2n) is 22.0. The molecule has 418 valence electrons. The Hall–Kier alpha value is -6.88. The van der Waals surface area contributed by atoms with Gasteiger partial charge in [-0.3, -0.25) is 14.5 Å². The van der Waals surface area contributed by atoms with Gasteiger partial charge in [-0.05, 0) is 125 Å². The first-order valence-electron chi connectivity index (χ1n) is 27.8. The average molecular weight is 1070 g/mol. The van der Waals surface area contributed by atoms with Crippen LogP contribution in [0.3, 0.4) is 0 Å². The summed E-state index contributed by atoms with van der Waals surface area (Å²) in [6, 6.07) is 41.5. The van der Waals surface area contributed by atoms with Crippen LogP contribution in [0.5, 0.6) is 0 Å². The Bertz CT molecular complexity index is 3330. The quantitative estimate of drug-likeness (QED) is 0.0317. The third-order valence-corrected chi connectivity index (χ3v) is 14.8. The van der Waals surface area contributed by atoms with Crippen LogP contribution in [0.1, 0.15) is 69.7 Å². The summed E-state index contributed by atoms with van der Waals surface area (Å²) in [7, 11) is 8.54. The molecular formula is C65H83N8O6+.